The van der Waals surface area contributed by atoms with Crippen LogP contribution in [0, 0.1) is 5.92 Å². The van der Waals surface area contributed by atoms with Gasteiger partial charge in [0, 0.05) is 19.1 Å². The van der Waals surface area contributed by atoms with Crippen LogP contribution in [0.3, 0.4) is 0 Å². The molecule has 4 N–H and O–H groups in total. The fraction of sp³-hybridized carbons (Fsp3) is 0.413. The van der Waals surface area contributed by atoms with Gasteiger partial charge in [0.1, 0.15) is 17.7 Å². The van der Waals surface area contributed by atoms with E-state index in [2.05, 4.69) is 94.7 Å². The Morgan fingerprint density at radius 3 is 1.78 bits per heavy atom. The van der Waals surface area contributed by atoms with Crippen LogP contribution in [0.15, 0.2) is 91.3 Å². The van der Waals surface area contributed by atoms with E-state index in [1.54, 1.807) is 0 Å². The maximum absolute atomic E-state index is 14.2. The average Bonchev–Trinajstić information content (AvgIpc) is 4.10. The van der Waals surface area contributed by atoms with Crippen molar-refractivity contribution in [1.29, 1.82) is 0 Å². The number of hydrogen-bond acceptors (Lipinski definition) is 6. The number of benzene rings is 3. The molecule has 0 unspecified atom stereocenters. The Balaban J connectivity index is 0.922. The number of carbonyl (C=O) groups is 3. The summed E-state index contributed by atoms with van der Waals surface area (Å²) in [4.78, 5) is 62.1. The van der Waals surface area contributed by atoms with Gasteiger partial charge in [0.05, 0.1) is 41.8 Å². The number of H-pyrrole nitrogens is 2. The minimum Gasteiger partial charge on any atom is -0.465 e. The van der Waals surface area contributed by atoms with E-state index in [-0.39, 0.29) is 41.9 Å². The molecule has 0 bridgehead atoms. The summed E-state index contributed by atoms with van der Waals surface area (Å²) in [6, 6.07) is 26.0. The van der Waals surface area contributed by atoms with Crippen molar-refractivity contribution < 1.29 is 19.5 Å². The van der Waals surface area contributed by atoms with Crippen molar-refractivity contribution in [2.75, 3.05) is 26.2 Å². The summed E-state index contributed by atoms with van der Waals surface area (Å²) >= 11 is 0. The molecule has 5 atom stereocenters. The van der Waals surface area contributed by atoms with Gasteiger partial charge in [-0.05, 0) is 79.4 Å². The van der Waals surface area contributed by atoms with Crippen molar-refractivity contribution in [2.24, 2.45) is 5.92 Å². The number of likely N-dealkylation sites (N-methyl/N-ethyl adjacent to an activating group) is 1. The Bertz CT molecular complexity index is 2180. The molecule has 5 aromatic rings. The molecular formula is C46H54N8O4. The lowest BCUT2D eigenvalue weighted by atomic mass is 9.83. The second-order valence-electron chi connectivity index (χ2n) is 15.9. The van der Waals surface area contributed by atoms with Crippen LogP contribution in [0.5, 0.6) is 0 Å². The lowest BCUT2D eigenvalue weighted by Gasteiger charge is -2.35. The highest BCUT2D eigenvalue weighted by atomic mass is 16.4. The summed E-state index contributed by atoms with van der Waals surface area (Å²) in [5.41, 5.74) is 7.05. The fourth-order valence-corrected chi connectivity index (χ4v) is 9.48. The number of carbonyl (C=O) groups excluding carboxylic acids is 2. The molecule has 3 aliphatic rings. The van der Waals surface area contributed by atoms with Crippen LogP contribution in [0.1, 0.15) is 101 Å². The van der Waals surface area contributed by atoms with Gasteiger partial charge in [-0.2, -0.15) is 0 Å². The topological polar surface area (TPSA) is 151 Å². The Hall–Kier alpha value is -5.75. The zero-order valence-electron chi connectivity index (χ0n) is 33.4. The SMILES string of the molecule is CCN(CC)[C@@H](C(=O)N1CCC[C@H]1c1ncc(-c2ccc(-c3ccc(-c4cnc([C@@H]5CCCN5C(=O)[C@H]5CCCC[C@H]5NC(=O)O)[nH]4)cc3)cc2)[nH]1)c1ccccc1. The van der Waals surface area contributed by atoms with Crippen LogP contribution in [-0.4, -0.2) is 89.9 Å². The quantitative estimate of drug-likeness (QED) is 0.0993. The number of likely N-dealkylation sites (tertiary alicyclic amines) is 2. The summed E-state index contributed by atoms with van der Waals surface area (Å²) in [6.45, 7) is 7.17. The van der Waals surface area contributed by atoms with E-state index in [1.165, 1.54) is 0 Å². The third-order valence-corrected chi connectivity index (χ3v) is 12.5. The van der Waals surface area contributed by atoms with Crippen molar-refractivity contribution in [3.8, 4) is 33.6 Å². The van der Waals surface area contributed by atoms with Gasteiger partial charge >= 0.3 is 6.09 Å². The van der Waals surface area contributed by atoms with E-state index < -0.39 is 6.09 Å². The van der Waals surface area contributed by atoms with Gasteiger partial charge in [0.2, 0.25) is 11.8 Å². The zero-order valence-corrected chi connectivity index (χ0v) is 33.4. The fourth-order valence-electron chi connectivity index (χ4n) is 9.48. The summed E-state index contributed by atoms with van der Waals surface area (Å²) in [5.74, 6) is 1.41. The third-order valence-electron chi connectivity index (χ3n) is 12.5. The molecule has 2 aliphatic heterocycles. The van der Waals surface area contributed by atoms with Crippen molar-refractivity contribution in [3.05, 3.63) is 108 Å². The number of rotatable bonds is 12. The minimum absolute atomic E-state index is 0.0258. The first-order chi connectivity index (χ1) is 28.3. The van der Waals surface area contributed by atoms with Gasteiger partial charge in [-0.15, -0.1) is 0 Å². The molecule has 3 aromatic carbocycles. The maximum atomic E-state index is 14.2. The lowest BCUT2D eigenvalue weighted by molar-refractivity contribution is -0.139. The van der Waals surface area contributed by atoms with Crippen LogP contribution in [0.2, 0.25) is 0 Å². The molecule has 12 heteroatoms. The number of amides is 3. The van der Waals surface area contributed by atoms with E-state index in [9.17, 15) is 19.5 Å². The van der Waals surface area contributed by atoms with Crippen LogP contribution in [-0.2, 0) is 9.59 Å². The molecular weight excluding hydrogens is 729 g/mol. The normalized spacial score (nSPS) is 21.4. The van der Waals surface area contributed by atoms with Crippen molar-refractivity contribution in [1.82, 2.24) is 40.0 Å². The van der Waals surface area contributed by atoms with Gasteiger partial charge in [0.25, 0.3) is 0 Å². The molecule has 12 nitrogen and oxygen atoms in total. The first kappa shape index (κ1) is 39.1. The molecule has 2 saturated heterocycles. The third kappa shape index (κ3) is 8.02. The smallest absolute Gasteiger partial charge is 0.404 e. The molecule has 3 amide bonds. The van der Waals surface area contributed by atoms with Crippen LogP contribution >= 0.6 is 0 Å². The molecule has 1 saturated carbocycles. The molecule has 8 rings (SSSR count). The highest BCUT2D eigenvalue weighted by Gasteiger charge is 2.41. The van der Waals surface area contributed by atoms with Gasteiger partial charge in [-0.25, -0.2) is 14.8 Å². The first-order valence-electron chi connectivity index (χ1n) is 21.0. The number of aromatic amines is 2. The van der Waals surface area contributed by atoms with Crippen LogP contribution < -0.4 is 5.32 Å². The Labute approximate surface area is 340 Å². The lowest BCUT2D eigenvalue weighted by Crippen LogP contribution is -2.49. The highest BCUT2D eigenvalue weighted by molar-refractivity contribution is 5.84. The molecule has 3 fully saturated rings. The average molecular weight is 783 g/mol. The Kier molecular flexibility index (Phi) is 11.7. The standard InChI is InChI=1S/C46H54N8O4/c1-3-52(4-2)41(34-12-6-5-7-13-34)45(56)54-27-11-17-40(54)43-48-29-38(50-43)33-24-20-31(21-25-33)30-18-22-32(23-19-30)37-28-47-42(49-37)39-16-10-26-53(39)44(55)35-14-8-9-15-36(35)51-46(57)58/h5-7,12-13,18-25,28-29,35-36,39-41,51H,3-4,8-11,14-17,26-27H2,1-2H3,(H,47,49)(H,48,50)(H,57,58)/t35-,36+,39-,40-,41+/m0/s1. The molecule has 4 heterocycles. The summed E-state index contributed by atoms with van der Waals surface area (Å²) < 4.78 is 0. The second-order valence-corrected chi connectivity index (χ2v) is 15.9. The molecule has 58 heavy (non-hydrogen) atoms. The Morgan fingerprint density at radius 2 is 1.22 bits per heavy atom. The minimum atomic E-state index is -1.07. The summed E-state index contributed by atoms with van der Waals surface area (Å²) in [6.07, 6.45) is 9.41. The number of hydrogen-bond donors (Lipinski definition) is 4. The van der Waals surface area contributed by atoms with E-state index in [4.69, 9.17) is 9.97 Å². The van der Waals surface area contributed by atoms with Crippen LogP contribution in [0.4, 0.5) is 4.79 Å². The van der Waals surface area contributed by atoms with Gasteiger partial charge in [-0.3, -0.25) is 14.5 Å². The number of nitrogens with zero attached hydrogens (tertiary/aromatic N) is 5. The zero-order chi connectivity index (χ0) is 40.2. The van der Waals surface area contributed by atoms with Crippen molar-refractivity contribution in [2.45, 2.75) is 89.4 Å². The monoisotopic (exact) mass is 782 g/mol. The summed E-state index contributed by atoms with van der Waals surface area (Å²) in [5, 5.41) is 12.0. The Morgan fingerprint density at radius 1 is 0.707 bits per heavy atom. The molecule has 2 aromatic heterocycles. The number of nitrogens with one attached hydrogen (secondary N) is 3. The van der Waals surface area contributed by atoms with Crippen molar-refractivity contribution in [3.63, 3.8) is 0 Å². The van der Waals surface area contributed by atoms with E-state index in [0.717, 1.165) is 109 Å². The molecule has 0 spiro atoms. The largest absolute Gasteiger partial charge is 0.465 e. The predicted molar refractivity (Wildman–Crippen MR) is 223 cm³/mol. The second kappa shape index (κ2) is 17.4. The predicted octanol–water partition coefficient (Wildman–Crippen LogP) is 8.37. The molecule has 302 valence electrons. The van der Waals surface area contributed by atoms with Gasteiger partial charge in [0.15, 0.2) is 0 Å². The first-order valence-corrected chi connectivity index (χ1v) is 21.0. The van der Waals surface area contributed by atoms with Crippen molar-refractivity contribution >= 4 is 17.9 Å². The maximum Gasteiger partial charge on any atom is 0.404 e. The van der Waals surface area contributed by atoms with E-state index in [1.807, 2.05) is 40.4 Å². The molecule has 0 radical (unpaired) electrons. The van der Waals surface area contributed by atoms with Crippen LogP contribution in [0.25, 0.3) is 33.6 Å². The van der Waals surface area contributed by atoms with E-state index >= 15 is 0 Å². The van der Waals surface area contributed by atoms with E-state index in [0.29, 0.717) is 19.4 Å². The summed E-state index contributed by atoms with van der Waals surface area (Å²) in [7, 11) is 0. The number of aromatic nitrogens is 4. The number of carboxylic acid groups (broad SMARTS) is 1. The van der Waals surface area contributed by atoms with Gasteiger partial charge in [-0.1, -0.05) is 106 Å². The van der Waals surface area contributed by atoms with Gasteiger partial charge < -0.3 is 30.2 Å². The highest BCUT2D eigenvalue weighted by Crippen LogP contribution is 2.38. The number of imidazole rings is 2. The molecule has 1 aliphatic carbocycles.